The molecule has 0 fully saturated rings. The van der Waals surface area contributed by atoms with E-state index in [2.05, 4.69) is 26.3 Å². The molecule has 9 heteroatoms. The normalized spacial score (nSPS) is 13.3. The van der Waals surface area contributed by atoms with E-state index >= 15 is 0 Å². The van der Waals surface area contributed by atoms with E-state index in [-0.39, 0.29) is 11.5 Å². The van der Waals surface area contributed by atoms with Crippen molar-refractivity contribution in [3.8, 4) is 0 Å². The smallest absolute Gasteiger partial charge is 0.320 e. The Morgan fingerprint density at radius 1 is 1.10 bits per heavy atom. The molecule has 1 aliphatic heterocycles. The number of hydrogen-bond acceptors (Lipinski definition) is 8. The van der Waals surface area contributed by atoms with Crippen LogP contribution < -0.4 is 10.2 Å². The number of fused-ring (bicyclic) bond motifs is 2. The van der Waals surface area contributed by atoms with Gasteiger partial charge in [-0.25, -0.2) is 15.0 Å². The molecule has 2 aromatic carbocycles. The van der Waals surface area contributed by atoms with Crippen LogP contribution in [0.3, 0.4) is 0 Å². The molecule has 0 amide bonds. The summed E-state index contributed by atoms with van der Waals surface area (Å²) < 4.78 is 0.997. The number of benzene rings is 2. The van der Waals surface area contributed by atoms with Gasteiger partial charge in [-0.15, -0.1) is 0 Å². The van der Waals surface area contributed by atoms with E-state index in [1.807, 2.05) is 47.4 Å². The zero-order valence-corrected chi connectivity index (χ0v) is 16.1. The minimum atomic E-state index is -0.428. The van der Waals surface area contributed by atoms with E-state index in [9.17, 15) is 10.1 Å². The van der Waals surface area contributed by atoms with E-state index in [1.165, 1.54) is 17.7 Å². The van der Waals surface area contributed by atoms with Crippen LogP contribution in [0, 0.1) is 10.1 Å². The molecule has 8 nitrogen and oxygen atoms in total. The first kappa shape index (κ1) is 17.5. The van der Waals surface area contributed by atoms with E-state index in [0.717, 1.165) is 34.3 Å². The van der Waals surface area contributed by atoms with Gasteiger partial charge in [-0.3, -0.25) is 10.1 Å². The van der Waals surface area contributed by atoms with Gasteiger partial charge in [0.1, 0.15) is 6.33 Å². The Morgan fingerprint density at radius 2 is 1.93 bits per heavy atom. The van der Waals surface area contributed by atoms with Gasteiger partial charge < -0.3 is 10.2 Å². The monoisotopic (exact) mass is 404 g/mol. The summed E-state index contributed by atoms with van der Waals surface area (Å²) in [7, 11) is 0. The van der Waals surface area contributed by atoms with Gasteiger partial charge in [-0.2, -0.15) is 0 Å². The van der Waals surface area contributed by atoms with Crippen molar-refractivity contribution in [2.75, 3.05) is 16.8 Å². The zero-order chi connectivity index (χ0) is 19.8. The molecule has 0 spiro atoms. The van der Waals surface area contributed by atoms with Gasteiger partial charge in [0.05, 0.1) is 15.1 Å². The summed E-state index contributed by atoms with van der Waals surface area (Å²) in [6, 6.07) is 15.6. The summed E-state index contributed by atoms with van der Waals surface area (Å²) in [5.74, 6) is 0.433. The number of anilines is 4. The number of rotatable bonds is 4. The first-order valence-corrected chi connectivity index (χ1v) is 10.00. The molecule has 0 unspecified atom stereocenters. The Hall–Kier alpha value is -3.59. The SMILES string of the molecule is O=[N+]([O-])c1c(Nc2nc3ccccc3s2)ncnc1N1CCCc2ccccc21. The summed E-state index contributed by atoms with van der Waals surface area (Å²) in [6.07, 6.45) is 3.20. The highest BCUT2D eigenvalue weighted by atomic mass is 32.1. The van der Waals surface area contributed by atoms with Crippen LogP contribution in [0.5, 0.6) is 0 Å². The molecule has 4 aromatic rings. The van der Waals surface area contributed by atoms with E-state index in [1.54, 1.807) is 0 Å². The summed E-state index contributed by atoms with van der Waals surface area (Å²) >= 11 is 1.42. The summed E-state index contributed by atoms with van der Waals surface area (Å²) in [4.78, 5) is 26.4. The first-order chi connectivity index (χ1) is 14.2. The predicted molar refractivity (Wildman–Crippen MR) is 113 cm³/mol. The molecule has 0 atom stereocenters. The highest BCUT2D eigenvalue weighted by Gasteiger charge is 2.30. The van der Waals surface area contributed by atoms with Crippen molar-refractivity contribution in [3.05, 3.63) is 70.5 Å². The van der Waals surface area contributed by atoms with Crippen molar-refractivity contribution in [1.82, 2.24) is 15.0 Å². The van der Waals surface area contributed by atoms with Gasteiger partial charge in [0.15, 0.2) is 5.13 Å². The number of nitro groups is 1. The molecule has 0 bridgehead atoms. The molecule has 0 saturated carbocycles. The van der Waals surface area contributed by atoms with Crippen LogP contribution in [0.2, 0.25) is 0 Å². The molecular formula is C20H16N6O2S. The van der Waals surface area contributed by atoms with Gasteiger partial charge >= 0.3 is 5.69 Å². The van der Waals surface area contributed by atoms with Gasteiger partial charge in [-0.05, 0) is 36.6 Å². The fourth-order valence-corrected chi connectivity index (χ4v) is 4.47. The molecule has 2 aromatic heterocycles. The standard InChI is InChI=1S/C20H16N6O2S/c27-26(28)17-18(24-20-23-14-8-2-4-10-16(14)29-20)21-12-22-19(17)25-11-5-7-13-6-1-3-9-15(13)25/h1-4,6,8-10,12H,5,7,11H2,(H,21,22,23,24). The average Bonchev–Trinajstić information content (AvgIpc) is 3.15. The topological polar surface area (TPSA) is 97.1 Å². The molecule has 0 radical (unpaired) electrons. The highest BCUT2D eigenvalue weighted by molar-refractivity contribution is 7.22. The molecular weight excluding hydrogens is 388 g/mol. The Kier molecular flexibility index (Phi) is 4.28. The summed E-state index contributed by atoms with van der Waals surface area (Å²) in [5.41, 5.74) is 2.80. The molecule has 3 heterocycles. The number of nitrogens with zero attached hydrogens (tertiary/aromatic N) is 5. The molecule has 1 aliphatic rings. The molecule has 5 rings (SSSR count). The average molecular weight is 404 g/mol. The van der Waals surface area contributed by atoms with Crippen molar-refractivity contribution in [2.24, 2.45) is 0 Å². The summed E-state index contributed by atoms with van der Waals surface area (Å²) in [6.45, 7) is 0.662. The van der Waals surface area contributed by atoms with Crippen LogP contribution in [0.15, 0.2) is 54.9 Å². The lowest BCUT2D eigenvalue weighted by molar-refractivity contribution is -0.383. The lowest BCUT2D eigenvalue weighted by Gasteiger charge is -2.30. The third-order valence-electron chi connectivity index (χ3n) is 4.87. The number of hydrogen-bond donors (Lipinski definition) is 1. The maximum Gasteiger partial charge on any atom is 0.354 e. The van der Waals surface area contributed by atoms with Crippen molar-refractivity contribution in [2.45, 2.75) is 12.8 Å². The number of aromatic nitrogens is 3. The van der Waals surface area contributed by atoms with Crippen molar-refractivity contribution < 1.29 is 4.92 Å². The zero-order valence-electron chi connectivity index (χ0n) is 15.3. The fraction of sp³-hybridized carbons (Fsp3) is 0.150. The maximum absolute atomic E-state index is 12.0. The van der Waals surface area contributed by atoms with Gasteiger partial charge in [0.25, 0.3) is 0 Å². The van der Waals surface area contributed by atoms with Crippen molar-refractivity contribution >= 4 is 49.7 Å². The largest absolute Gasteiger partial charge is 0.354 e. The minimum Gasteiger partial charge on any atom is -0.320 e. The minimum absolute atomic E-state index is 0.141. The third kappa shape index (κ3) is 3.15. The van der Waals surface area contributed by atoms with Crippen LogP contribution in [-0.4, -0.2) is 26.4 Å². The maximum atomic E-state index is 12.0. The summed E-state index contributed by atoms with van der Waals surface area (Å²) in [5, 5.41) is 15.6. The van der Waals surface area contributed by atoms with Crippen molar-refractivity contribution in [3.63, 3.8) is 0 Å². The molecule has 0 saturated heterocycles. The lowest BCUT2D eigenvalue weighted by Crippen LogP contribution is -2.26. The third-order valence-corrected chi connectivity index (χ3v) is 5.82. The second-order valence-corrected chi connectivity index (χ2v) is 7.68. The van der Waals surface area contributed by atoms with Crippen LogP contribution in [0.25, 0.3) is 10.2 Å². The van der Waals surface area contributed by atoms with E-state index in [0.29, 0.717) is 17.5 Å². The quantitative estimate of drug-likeness (QED) is 0.384. The second kappa shape index (κ2) is 7.10. The fourth-order valence-electron chi connectivity index (χ4n) is 3.61. The van der Waals surface area contributed by atoms with Crippen LogP contribution >= 0.6 is 11.3 Å². The van der Waals surface area contributed by atoms with E-state index in [4.69, 9.17) is 0 Å². The van der Waals surface area contributed by atoms with Crippen LogP contribution in [0.4, 0.5) is 28.1 Å². The number of nitrogens with one attached hydrogen (secondary N) is 1. The highest BCUT2D eigenvalue weighted by Crippen LogP contribution is 2.40. The Labute approximate surface area is 170 Å². The molecule has 29 heavy (non-hydrogen) atoms. The van der Waals surface area contributed by atoms with Crippen LogP contribution in [0.1, 0.15) is 12.0 Å². The van der Waals surface area contributed by atoms with Gasteiger partial charge in [0, 0.05) is 12.2 Å². The van der Waals surface area contributed by atoms with Gasteiger partial charge in [-0.1, -0.05) is 41.7 Å². The number of para-hydroxylation sites is 2. The first-order valence-electron chi connectivity index (χ1n) is 9.18. The Bertz CT molecular complexity index is 1190. The second-order valence-electron chi connectivity index (χ2n) is 6.65. The van der Waals surface area contributed by atoms with Gasteiger partial charge in [0.2, 0.25) is 11.6 Å². The Morgan fingerprint density at radius 3 is 2.79 bits per heavy atom. The van der Waals surface area contributed by atoms with E-state index < -0.39 is 4.92 Å². The molecule has 144 valence electrons. The number of aryl methyl sites for hydroxylation is 1. The molecule has 0 aliphatic carbocycles. The predicted octanol–water partition coefficient (Wildman–Crippen LogP) is 4.82. The van der Waals surface area contributed by atoms with Crippen LogP contribution in [-0.2, 0) is 6.42 Å². The van der Waals surface area contributed by atoms with Crippen molar-refractivity contribution in [1.29, 1.82) is 0 Å². The lowest BCUT2D eigenvalue weighted by atomic mass is 10.0. The Balaban J connectivity index is 1.59. The molecule has 1 N–H and O–H groups in total. The number of thiazole rings is 1.